The highest BCUT2D eigenvalue weighted by atomic mass is 35.5. The third-order valence-electron chi connectivity index (χ3n) is 8.67. The van der Waals surface area contributed by atoms with Crippen LogP contribution in [0.3, 0.4) is 0 Å². The summed E-state index contributed by atoms with van der Waals surface area (Å²) in [5, 5.41) is 17.7. The number of halogens is 2. The summed E-state index contributed by atoms with van der Waals surface area (Å²) in [5.41, 5.74) is 3.06. The predicted octanol–water partition coefficient (Wildman–Crippen LogP) is 6.97. The van der Waals surface area contributed by atoms with Crippen molar-refractivity contribution in [2.75, 3.05) is 37.6 Å². The largest absolute Gasteiger partial charge is 0.457 e. The number of hydrogen-bond donors (Lipinski definition) is 1. The molecule has 0 unspecified atom stereocenters. The molecule has 0 radical (unpaired) electrons. The van der Waals surface area contributed by atoms with Crippen LogP contribution in [0.1, 0.15) is 34.1 Å². The summed E-state index contributed by atoms with van der Waals surface area (Å²) in [6.07, 6.45) is 0. The van der Waals surface area contributed by atoms with Crippen LogP contribution < -0.4 is 14.4 Å². The highest BCUT2D eigenvalue weighted by Gasteiger charge is 2.29. The van der Waals surface area contributed by atoms with E-state index in [1.165, 1.54) is 6.07 Å². The lowest BCUT2D eigenvalue weighted by atomic mass is 10.1. The van der Waals surface area contributed by atoms with Gasteiger partial charge in [0, 0.05) is 47.7 Å². The molecule has 0 saturated carbocycles. The van der Waals surface area contributed by atoms with Crippen LogP contribution >= 0.6 is 23.2 Å². The fourth-order valence-electron chi connectivity index (χ4n) is 5.99. The summed E-state index contributed by atoms with van der Waals surface area (Å²) >= 11 is 12.6. The number of sulfonamides is 1. The Morgan fingerprint density at radius 1 is 0.940 bits per heavy atom. The summed E-state index contributed by atoms with van der Waals surface area (Å²) in [7, 11) is -4.46. The van der Waals surface area contributed by atoms with E-state index in [9.17, 15) is 23.3 Å². The third-order valence-corrected chi connectivity index (χ3v) is 10.8. The first kappa shape index (κ1) is 35.1. The molecule has 1 fully saturated rings. The van der Waals surface area contributed by atoms with Gasteiger partial charge in [-0.2, -0.15) is 5.10 Å². The average molecular weight is 738 g/mol. The normalized spacial score (nSPS) is 13.8. The number of piperazine rings is 1. The van der Waals surface area contributed by atoms with Gasteiger partial charge in [0.25, 0.3) is 21.6 Å². The molecule has 1 saturated heterocycles. The van der Waals surface area contributed by atoms with Gasteiger partial charge in [-0.05, 0) is 91.7 Å². The molecule has 1 aromatic heterocycles. The molecule has 15 heteroatoms. The lowest BCUT2D eigenvalue weighted by Crippen LogP contribution is -2.46. The SMILES string of the molecule is CCN1CCN(c2cc(S(=O)(=O)NC(=O)c3nn(Cc4ccc(Oc5cc(C)c(Cl)c(C)c5)cc4)c4ccc(Cl)cc34)ccc2[N+](=O)[O-])CC1. The number of ether oxygens (including phenoxy) is 1. The van der Waals surface area contributed by atoms with Gasteiger partial charge in [-0.15, -0.1) is 0 Å². The molecule has 0 atom stereocenters. The first-order valence-electron chi connectivity index (χ1n) is 15.9. The first-order valence-corrected chi connectivity index (χ1v) is 18.1. The molecular weight excluding hydrogens is 703 g/mol. The number of nitrogens with zero attached hydrogens (tertiary/aromatic N) is 5. The number of aromatic nitrogens is 2. The molecule has 5 aromatic rings. The molecule has 1 aliphatic heterocycles. The molecule has 260 valence electrons. The minimum atomic E-state index is -4.46. The maximum Gasteiger partial charge on any atom is 0.292 e. The Labute approximate surface area is 299 Å². The van der Waals surface area contributed by atoms with Gasteiger partial charge in [0.05, 0.1) is 21.9 Å². The Balaban J connectivity index is 1.24. The molecule has 1 aliphatic rings. The van der Waals surface area contributed by atoms with Crippen LogP contribution in [0.15, 0.2) is 77.7 Å². The van der Waals surface area contributed by atoms with E-state index in [2.05, 4.69) is 14.7 Å². The smallest absolute Gasteiger partial charge is 0.292 e. The van der Waals surface area contributed by atoms with E-state index in [0.717, 1.165) is 35.4 Å². The number of aryl methyl sites for hydroxylation is 2. The van der Waals surface area contributed by atoms with Gasteiger partial charge in [-0.1, -0.05) is 42.3 Å². The first-order chi connectivity index (χ1) is 23.8. The molecule has 4 aromatic carbocycles. The summed E-state index contributed by atoms with van der Waals surface area (Å²) in [4.78, 5) is 28.6. The standard InChI is InChI=1S/C35H34Cl2N6O6S/c1-4-40-13-15-41(16-14-40)32-20-28(10-12-31(32)43(45)46)50(47,48)39-35(44)34-29-19-25(36)7-11-30(29)42(38-34)21-24-5-8-26(9-6-24)49-27-17-22(2)33(37)23(3)18-27/h5-12,17-20H,4,13-16,21H2,1-3H3,(H,39,44). The van der Waals surface area contributed by atoms with Crippen molar-refractivity contribution in [3.8, 4) is 11.5 Å². The Bertz CT molecular complexity index is 2190. The van der Waals surface area contributed by atoms with Gasteiger partial charge in [-0.25, -0.2) is 13.1 Å². The monoisotopic (exact) mass is 736 g/mol. The molecule has 2 heterocycles. The number of benzene rings is 4. The van der Waals surface area contributed by atoms with E-state index < -0.39 is 20.9 Å². The second-order valence-corrected chi connectivity index (χ2v) is 14.5. The highest BCUT2D eigenvalue weighted by molar-refractivity contribution is 7.90. The predicted molar refractivity (Wildman–Crippen MR) is 193 cm³/mol. The lowest BCUT2D eigenvalue weighted by Gasteiger charge is -2.35. The van der Waals surface area contributed by atoms with Crippen molar-refractivity contribution in [3.05, 3.63) is 115 Å². The highest BCUT2D eigenvalue weighted by Crippen LogP contribution is 2.33. The number of likely N-dealkylation sites (N-methyl/N-ethyl adjacent to an activating group) is 1. The van der Waals surface area contributed by atoms with Crippen molar-refractivity contribution in [1.29, 1.82) is 0 Å². The zero-order chi connectivity index (χ0) is 35.7. The van der Waals surface area contributed by atoms with Crippen LogP contribution in [-0.2, 0) is 16.6 Å². The van der Waals surface area contributed by atoms with E-state index in [1.807, 2.05) is 57.2 Å². The molecule has 0 bridgehead atoms. The van der Waals surface area contributed by atoms with Crippen molar-refractivity contribution in [2.45, 2.75) is 32.2 Å². The van der Waals surface area contributed by atoms with Crippen molar-refractivity contribution in [2.24, 2.45) is 0 Å². The second-order valence-electron chi connectivity index (χ2n) is 12.0. The van der Waals surface area contributed by atoms with Crippen molar-refractivity contribution in [3.63, 3.8) is 0 Å². The van der Waals surface area contributed by atoms with E-state index in [1.54, 1.807) is 27.8 Å². The maximum absolute atomic E-state index is 13.6. The molecule has 12 nitrogen and oxygen atoms in total. The molecule has 1 amide bonds. The number of carbonyl (C=O) groups excluding carboxylic acids is 1. The Kier molecular flexibility index (Phi) is 10.0. The molecular formula is C35H34Cl2N6O6S. The summed E-state index contributed by atoms with van der Waals surface area (Å²) in [6.45, 7) is 9.32. The maximum atomic E-state index is 13.6. The summed E-state index contributed by atoms with van der Waals surface area (Å²) < 4.78 is 36.8. The fourth-order valence-corrected chi connectivity index (χ4v) is 7.24. The average Bonchev–Trinajstić information content (AvgIpc) is 3.44. The zero-order valence-corrected chi connectivity index (χ0v) is 29.8. The summed E-state index contributed by atoms with van der Waals surface area (Å²) in [5.74, 6) is 0.317. The van der Waals surface area contributed by atoms with E-state index >= 15 is 0 Å². The number of nitro groups is 1. The van der Waals surface area contributed by atoms with E-state index in [-0.39, 0.29) is 28.5 Å². The fraction of sp³-hybridized carbons (Fsp3) is 0.257. The van der Waals surface area contributed by atoms with E-state index in [4.69, 9.17) is 27.9 Å². The van der Waals surface area contributed by atoms with Crippen molar-refractivity contribution < 1.29 is 22.9 Å². The number of nitro benzene ring substituents is 1. The molecule has 6 rings (SSSR count). The van der Waals surface area contributed by atoms with Crippen molar-refractivity contribution >= 4 is 61.4 Å². The molecule has 1 N–H and O–H groups in total. The van der Waals surface area contributed by atoms with Crippen LogP contribution in [0.2, 0.25) is 10.0 Å². The minimum absolute atomic E-state index is 0.141. The van der Waals surface area contributed by atoms with Crippen LogP contribution in [0.25, 0.3) is 10.9 Å². The minimum Gasteiger partial charge on any atom is -0.457 e. The van der Waals surface area contributed by atoms with Crippen LogP contribution in [0.5, 0.6) is 11.5 Å². The van der Waals surface area contributed by atoms with Gasteiger partial charge in [0.15, 0.2) is 5.69 Å². The van der Waals surface area contributed by atoms with Gasteiger partial charge in [0.2, 0.25) is 0 Å². The lowest BCUT2D eigenvalue weighted by molar-refractivity contribution is -0.384. The van der Waals surface area contributed by atoms with Gasteiger partial charge < -0.3 is 14.5 Å². The number of rotatable bonds is 10. The summed E-state index contributed by atoms with van der Waals surface area (Å²) in [6, 6.07) is 19.5. The number of carbonyl (C=O) groups is 1. The van der Waals surface area contributed by atoms with Crippen LogP contribution in [-0.4, -0.2) is 66.7 Å². The number of fused-ring (bicyclic) bond motifs is 1. The topological polar surface area (TPSA) is 140 Å². The molecule has 50 heavy (non-hydrogen) atoms. The van der Waals surface area contributed by atoms with Gasteiger partial charge in [-0.3, -0.25) is 19.6 Å². The Morgan fingerprint density at radius 3 is 2.26 bits per heavy atom. The number of amides is 1. The molecule has 0 aliphatic carbocycles. The van der Waals surface area contributed by atoms with E-state index in [0.29, 0.717) is 58.6 Å². The van der Waals surface area contributed by atoms with Crippen LogP contribution in [0.4, 0.5) is 11.4 Å². The Hall–Kier alpha value is -4.69. The number of hydrogen-bond acceptors (Lipinski definition) is 9. The quantitative estimate of drug-likeness (QED) is 0.119. The zero-order valence-electron chi connectivity index (χ0n) is 27.5. The van der Waals surface area contributed by atoms with Crippen molar-refractivity contribution in [1.82, 2.24) is 19.4 Å². The number of nitrogens with one attached hydrogen (secondary N) is 1. The third kappa shape index (κ3) is 7.41. The number of anilines is 1. The Morgan fingerprint density at radius 2 is 1.62 bits per heavy atom. The molecule has 0 spiro atoms. The van der Waals surface area contributed by atoms with Crippen LogP contribution in [0, 0.1) is 24.0 Å². The van der Waals surface area contributed by atoms with Gasteiger partial charge >= 0.3 is 0 Å². The second kappa shape index (κ2) is 14.3. The van der Waals surface area contributed by atoms with Gasteiger partial charge in [0.1, 0.15) is 17.2 Å².